The molecule has 0 fully saturated rings. The highest BCUT2D eigenvalue weighted by molar-refractivity contribution is 5.18. The van der Waals surface area contributed by atoms with Gasteiger partial charge in [-0.3, -0.25) is 0 Å². The van der Waals surface area contributed by atoms with Gasteiger partial charge in [0.2, 0.25) is 0 Å². The molecule has 0 saturated heterocycles. The summed E-state index contributed by atoms with van der Waals surface area (Å²) < 4.78 is 40.6. The van der Waals surface area contributed by atoms with Crippen molar-refractivity contribution in [1.82, 2.24) is 4.98 Å². The van der Waals surface area contributed by atoms with Gasteiger partial charge in [0, 0.05) is 6.20 Å². The monoisotopic (exact) mass is 191 g/mol. The molecule has 2 nitrogen and oxygen atoms in total. The Bertz CT molecular complexity index is 291. The molecular formula is C8H8F3NO. The molecular weight excluding hydrogens is 183 g/mol. The number of aryl methyl sites for hydroxylation is 1. The van der Waals surface area contributed by atoms with Crippen LogP contribution in [0.2, 0.25) is 0 Å². The van der Waals surface area contributed by atoms with E-state index >= 15 is 0 Å². The maximum atomic E-state index is 12.9. The van der Waals surface area contributed by atoms with E-state index in [4.69, 9.17) is 0 Å². The lowest BCUT2D eigenvalue weighted by Crippen LogP contribution is -2.09. The largest absolute Gasteiger partial charge is 0.470 e. The topological polar surface area (TPSA) is 22.1 Å². The van der Waals surface area contributed by atoms with Crippen molar-refractivity contribution in [3.05, 3.63) is 23.6 Å². The number of ether oxygens (including phenoxy) is 1. The first-order valence-corrected chi connectivity index (χ1v) is 3.62. The van der Waals surface area contributed by atoms with E-state index in [-0.39, 0.29) is 5.88 Å². The SMILES string of the molecule is Cc1cnc(OCC(F)F)c(F)c1. The third kappa shape index (κ3) is 2.93. The molecule has 0 unspecified atom stereocenters. The van der Waals surface area contributed by atoms with E-state index in [9.17, 15) is 13.2 Å². The zero-order valence-electron chi connectivity index (χ0n) is 6.93. The molecule has 72 valence electrons. The van der Waals surface area contributed by atoms with Gasteiger partial charge in [0.15, 0.2) is 12.4 Å². The van der Waals surface area contributed by atoms with Gasteiger partial charge in [-0.1, -0.05) is 0 Å². The van der Waals surface area contributed by atoms with E-state index in [2.05, 4.69) is 9.72 Å². The number of rotatable bonds is 3. The highest BCUT2D eigenvalue weighted by Gasteiger charge is 2.08. The number of aromatic nitrogens is 1. The highest BCUT2D eigenvalue weighted by atomic mass is 19.3. The zero-order valence-corrected chi connectivity index (χ0v) is 6.93. The van der Waals surface area contributed by atoms with Gasteiger partial charge in [-0.25, -0.2) is 18.2 Å². The smallest absolute Gasteiger partial charge is 0.272 e. The fourth-order valence-electron chi connectivity index (χ4n) is 0.769. The summed E-state index contributed by atoms with van der Waals surface area (Å²) in [5.41, 5.74) is 0.613. The average Bonchev–Trinajstić information content (AvgIpc) is 2.02. The standard InChI is InChI=1S/C8H8F3NO/c1-5-2-6(9)8(12-3-5)13-4-7(10)11/h2-3,7H,4H2,1H3. The summed E-state index contributed by atoms with van der Waals surface area (Å²) in [6, 6.07) is 1.17. The van der Waals surface area contributed by atoms with Crippen molar-refractivity contribution in [2.75, 3.05) is 6.61 Å². The summed E-state index contributed by atoms with van der Waals surface area (Å²) in [5, 5.41) is 0. The van der Waals surface area contributed by atoms with Gasteiger partial charge in [-0.05, 0) is 18.6 Å². The Hall–Kier alpha value is -1.26. The maximum absolute atomic E-state index is 12.9. The van der Waals surface area contributed by atoms with E-state index in [1.54, 1.807) is 6.92 Å². The summed E-state index contributed by atoms with van der Waals surface area (Å²) in [7, 11) is 0. The summed E-state index contributed by atoms with van der Waals surface area (Å²) in [6.07, 6.45) is -1.27. The molecule has 0 radical (unpaired) electrons. The molecule has 0 aliphatic rings. The molecule has 1 aromatic heterocycles. The van der Waals surface area contributed by atoms with Crippen LogP contribution in [0.15, 0.2) is 12.3 Å². The molecule has 0 spiro atoms. The van der Waals surface area contributed by atoms with E-state index in [0.29, 0.717) is 5.56 Å². The molecule has 5 heteroatoms. The zero-order chi connectivity index (χ0) is 9.84. The van der Waals surface area contributed by atoms with Crippen LogP contribution in [-0.2, 0) is 0 Å². The normalized spacial score (nSPS) is 10.5. The van der Waals surface area contributed by atoms with Crippen LogP contribution in [0.1, 0.15) is 5.56 Å². The van der Waals surface area contributed by atoms with Crippen molar-refractivity contribution in [2.45, 2.75) is 13.3 Å². The molecule has 0 bridgehead atoms. The summed E-state index contributed by atoms with van der Waals surface area (Å²) in [5.74, 6) is -1.11. The first kappa shape index (κ1) is 9.83. The Labute approximate surface area is 73.4 Å². The Balaban J connectivity index is 2.67. The van der Waals surface area contributed by atoms with Gasteiger partial charge < -0.3 is 4.74 Å². The van der Waals surface area contributed by atoms with Crippen LogP contribution in [0.25, 0.3) is 0 Å². The highest BCUT2D eigenvalue weighted by Crippen LogP contribution is 2.14. The van der Waals surface area contributed by atoms with Crippen LogP contribution in [0, 0.1) is 12.7 Å². The molecule has 0 atom stereocenters. The first-order valence-electron chi connectivity index (χ1n) is 3.62. The molecule has 0 aliphatic carbocycles. The third-order valence-corrected chi connectivity index (χ3v) is 1.29. The van der Waals surface area contributed by atoms with Crippen molar-refractivity contribution in [2.24, 2.45) is 0 Å². The van der Waals surface area contributed by atoms with E-state index in [0.717, 1.165) is 0 Å². The molecule has 0 amide bonds. The number of nitrogens with zero attached hydrogens (tertiary/aromatic N) is 1. The quantitative estimate of drug-likeness (QED) is 0.730. The first-order chi connectivity index (χ1) is 6.09. The summed E-state index contributed by atoms with van der Waals surface area (Å²) in [4.78, 5) is 3.52. The molecule has 13 heavy (non-hydrogen) atoms. The minimum Gasteiger partial charge on any atom is -0.470 e. The molecule has 0 aliphatic heterocycles. The lowest BCUT2D eigenvalue weighted by Gasteiger charge is -2.04. The van der Waals surface area contributed by atoms with E-state index in [1.165, 1.54) is 12.3 Å². The Morgan fingerprint density at radius 2 is 2.23 bits per heavy atom. The lowest BCUT2D eigenvalue weighted by molar-refractivity contribution is 0.0773. The van der Waals surface area contributed by atoms with Gasteiger partial charge >= 0.3 is 0 Å². The Kier molecular flexibility index (Phi) is 3.11. The fourth-order valence-corrected chi connectivity index (χ4v) is 0.769. The number of hydrogen-bond donors (Lipinski definition) is 0. The molecule has 0 aromatic carbocycles. The van der Waals surface area contributed by atoms with Crippen LogP contribution >= 0.6 is 0 Å². The van der Waals surface area contributed by atoms with Crippen LogP contribution in [-0.4, -0.2) is 18.0 Å². The van der Waals surface area contributed by atoms with Crippen molar-refractivity contribution in [3.63, 3.8) is 0 Å². The van der Waals surface area contributed by atoms with Crippen LogP contribution < -0.4 is 4.74 Å². The molecule has 0 saturated carbocycles. The molecule has 0 N–H and O–H groups in total. The van der Waals surface area contributed by atoms with Gasteiger partial charge in [0.1, 0.15) is 0 Å². The number of hydrogen-bond acceptors (Lipinski definition) is 2. The second-order valence-corrected chi connectivity index (χ2v) is 2.50. The van der Waals surface area contributed by atoms with Crippen molar-refractivity contribution < 1.29 is 17.9 Å². The van der Waals surface area contributed by atoms with E-state index in [1.807, 2.05) is 0 Å². The molecule has 1 rings (SSSR count). The second-order valence-electron chi connectivity index (χ2n) is 2.50. The maximum Gasteiger partial charge on any atom is 0.272 e. The van der Waals surface area contributed by atoms with Crippen LogP contribution in [0.5, 0.6) is 5.88 Å². The van der Waals surface area contributed by atoms with Crippen molar-refractivity contribution in [1.29, 1.82) is 0 Å². The Morgan fingerprint density at radius 3 is 2.77 bits per heavy atom. The van der Waals surface area contributed by atoms with Gasteiger partial charge in [0.25, 0.3) is 12.3 Å². The number of pyridine rings is 1. The third-order valence-electron chi connectivity index (χ3n) is 1.29. The van der Waals surface area contributed by atoms with Gasteiger partial charge in [-0.15, -0.1) is 0 Å². The average molecular weight is 191 g/mol. The summed E-state index contributed by atoms with van der Waals surface area (Å²) in [6.45, 7) is 0.806. The van der Waals surface area contributed by atoms with Gasteiger partial charge in [0.05, 0.1) is 0 Å². The van der Waals surface area contributed by atoms with Gasteiger partial charge in [-0.2, -0.15) is 0 Å². The lowest BCUT2D eigenvalue weighted by atomic mass is 10.3. The minimum absolute atomic E-state index is 0.383. The van der Waals surface area contributed by atoms with E-state index < -0.39 is 18.8 Å². The fraction of sp³-hybridized carbons (Fsp3) is 0.375. The minimum atomic E-state index is -2.62. The predicted octanol–water partition coefficient (Wildman–Crippen LogP) is 2.17. The molecule has 1 heterocycles. The molecule has 1 aromatic rings. The van der Waals surface area contributed by atoms with Crippen LogP contribution in [0.3, 0.4) is 0 Å². The van der Waals surface area contributed by atoms with Crippen molar-refractivity contribution in [3.8, 4) is 5.88 Å². The van der Waals surface area contributed by atoms with Crippen molar-refractivity contribution >= 4 is 0 Å². The number of alkyl halides is 2. The number of halogens is 3. The second kappa shape index (κ2) is 4.11. The van der Waals surface area contributed by atoms with Crippen LogP contribution in [0.4, 0.5) is 13.2 Å². The summed E-state index contributed by atoms with van der Waals surface area (Å²) >= 11 is 0. The Morgan fingerprint density at radius 1 is 1.54 bits per heavy atom. The predicted molar refractivity (Wildman–Crippen MR) is 40.4 cm³/mol.